The molecule has 2 aromatic rings. The fraction of sp³-hybridized carbons (Fsp3) is 0. The van der Waals surface area contributed by atoms with E-state index in [1.807, 2.05) is 0 Å². The molecule has 2 rings (SSSR count). The van der Waals surface area contributed by atoms with E-state index in [1.165, 1.54) is 31.0 Å². The standard InChI is InChI=1S/C11H9N5O5/c17-11(14-12-4-8-1-2-20-6-8)15-13-5-9-3-10(16(18)19)21-7-9/h1-7H,(H2,14,15,17)/b12-4-,13-5-. The van der Waals surface area contributed by atoms with Crippen LogP contribution in [0.4, 0.5) is 10.7 Å². The maximum Gasteiger partial charge on any atom is 0.433 e. The molecule has 0 radical (unpaired) electrons. The van der Waals surface area contributed by atoms with Gasteiger partial charge in [-0.1, -0.05) is 0 Å². The maximum atomic E-state index is 11.3. The summed E-state index contributed by atoms with van der Waals surface area (Å²) in [4.78, 5) is 21.0. The van der Waals surface area contributed by atoms with Crippen LogP contribution in [0.25, 0.3) is 0 Å². The number of nitrogens with zero attached hydrogens (tertiary/aromatic N) is 3. The number of nitrogens with one attached hydrogen (secondary N) is 2. The zero-order chi connectivity index (χ0) is 15.1. The van der Waals surface area contributed by atoms with Crippen molar-refractivity contribution < 1.29 is 18.6 Å². The van der Waals surface area contributed by atoms with Gasteiger partial charge in [0.2, 0.25) is 0 Å². The highest BCUT2D eigenvalue weighted by atomic mass is 16.6. The number of hydrogen-bond donors (Lipinski definition) is 2. The van der Waals surface area contributed by atoms with Crippen LogP contribution in [0.2, 0.25) is 0 Å². The van der Waals surface area contributed by atoms with Gasteiger partial charge >= 0.3 is 11.9 Å². The number of carbonyl (C=O) groups is 1. The lowest BCUT2D eigenvalue weighted by Gasteiger charge is -1.95. The normalized spacial score (nSPS) is 11.0. The molecule has 0 aliphatic heterocycles. The Hall–Kier alpha value is -3.43. The summed E-state index contributed by atoms with van der Waals surface area (Å²) in [5.74, 6) is -0.411. The largest absolute Gasteiger partial charge is 0.472 e. The smallest absolute Gasteiger partial charge is 0.433 e. The van der Waals surface area contributed by atoms with Gasteiger partial charge < -0.3 is 8.83 Å². The van der Waals surface area contributed by atoms with E-state index in [-0.39, 0.29) is 0 Å². The van der Waals surface area contributed by atoms with Crippen molar-refractivity contribution in [3.05, 3.63) is 52.2 Å². The minimum atomic E-state index is -0.679. The molecule has 0 aliphatic carbocycles. The van der Waals surface area contributed by atoms with Crippen LogP contribution in [0, 0.1) is 10.1 Å². The first-order valence-electron chi connectivity index (χ1n) is 5.52. The molecular weight excluding hydrogens is 282 g/mol. The number of nitro groups is 1. The fourth-order valence-electron chi connectivity index (χ4n) is 1.21. The molecule has 0 atom stereocenters. The van der Waals surface area contributed by atoms with E-state index in [2.05, 4.69) is 25.5 Å². The Kier molecular flexibility index (Phi) is 4.43. The number of amides is 2. The summed E-state index contributed by atoms with van der Waals surface area (Å²) in [5, 5.41) is 17.6. The van der Waals surface area contributed by atoms with Crippen molar-refractivity contribution in [2.24, 2.45) is 10.2 Å². The highest BCUT2D eigenvalue weighted by Crippen LogP contribution is 2.13. The van der Waals surface area contributed by atoms with Crippen LogP contribution in [0.5, 0.6) is 0 Å². The summed E-state index contributed by atoms with van der Waals surface area (Å²) in [6.45, 7) is 0. The summed E-state index contributed by atoms with van der Waals surface area (Å²) in [6, 6.07) is 2.15. The first-order chi connectivity index (χ1) is 10.1. The number of furan rings is 2. The second-order valence-electron chi connectivity index (χ2n) is 3.60. The molecule has 2 aromatic heterocycles. The summed E-state index contributed by atoms with van der Waals surface area (Å²) < 4.78 is 9.44. The number of urea groups is 1. The summed E-state index contributed by atoms with van der Waals surface area (Å²) >= 11 is 0. The molecule has 108 valence electrons. The first-order valence-corrected chi connectivity index (χ1v) is 5.52. The zero-order valence-electron chi connectivity index (χ0n) is 10.4. The van der Waals surface area contributed by atoms with E-state index in [9.17, 15) is 14.9 Å². The molecular formula is C11H9N5O5. The van der Waals surface area contributed by atoms with Gasteiger partial charge in [-0.05, 0) is 6.07 Å². The summed E-state index contributed by atoms with van der Waals surface area (Å²) in [5.41, 5.74) is 5.31. The highest BCUT2D eigenvalue weighted by molar-refractivity contribution is 5.83. The van der Waals surface area contributed by atoms with Crippen molar-refractivity contribution in [3.63, 3.8) is 0 Å². The second kappa shape index (κ2) is 6.65. The van der Waals surface area contributed by atoms with Crippen molar-refractivity contribution >= 4 is 24.3 Å². The van der Waals surface area contributed by atoms with Gasteiger partial charge in [0.1, 0.15) is 11.2 Å². The molecule has 0 saturated heterocycles. The van der Waals surface area contributed by atoms with E-state index in [0.29, 0.717) is 11.1 Å². The Labute approximate surface area is 117 Å². The molecule has 21 heavy (non-hydrogen) atoms. The van der Waals surface area contributed by atoms with E-state index < -0.39 is 16.8 Å². The average molecular weight is 291 g/mol. The second-order valence-corrected chi connectivity index (χ2v) is 3.60. The molecule has 0 spiro atoms. The van der Waals surface area contributed by atoms with Crippen LogP contribution in [0.3, 0.4) is 0 Å². The molecule has 0 fully saturated rings. The third kappa shape index (κ3) is 4.31. The van der Waals surface area contributed by atoms with Gasteiger partial charge in [0.05, 0.1) is 31.0 Å². The van der Waals surface area contributed by atoms with Gasteiger partial charge in [0.15, 0.2) is 0 Å². The van der Waals surface area contributed by atoms with Crippen molar-refractivity contribution in [1.82, 2.24) is 10.9 Å². The van der Waals surface area contributed by atoms with Crippen LogP contribution in [-0.2, 0) is 0 Å². The Bertz CT molecular complexity index is 673. The predicted octanol–water partition coefficient (Wildman–Crippen LogP) is 1.45. The summed E-state index contributed by atoms with van der Waals surface area (Å²) in [6.07, 6.45) is 6.63. The lowest BCUT2D eigenvalue weighted by molar-refractivity contribution is -0.402. The van der Waals surface area contributed by atoms with Gasteiger partial charge in [-0.3, -0.25) is 10.1 Å². The van der Waals surface area contributed by atoms with Gasteiger partial charge in [-0.25, -0.2) is 15.6 Å². The number of carbonyl (C=O) groups excluding carboxylic acids is 1. The Morgan fingerprint density at radius 1 is 1.24 bits per heavy atom. The topological polar surface area (TPSA) is 135 Å². The summed E-state index contributed by atoms with van der Waals surface area (Å²) in [7, 11) is 0. The Morgan fingerprint density at radius 2 is 1.95 bits per heavy atom. The van der Waals surface area contributed by atoms with E-state index >= 15 is 0 Å². The van der Waals surface area contributed by atoms with Gasteiger partial charge in [-0.2, -0.15) is 10.2 Å². The number of hydrogen-bond acceptors (Lipinski definition) is 7. The highest BCUT2D eigenvalue weighted by Gasteiger charge is 2.10. The lowest BCUT2D eigenvalue weighted by Crippen LogP contribution is -2.28. The fourth-order valence-corrected chi connectivity index (χ4v) is 1.21. The molecule has 10 nitrogen and oxygen atoms in total. The number of hydrazone groups is 2. The van der Waals surface area contributed by atoms with Crippen molar-refractivity contribution in [2.75, 3.05) is 0 Å². The van der Waals surface area contributed by atoms with Crippen LogP contribution < -0.4 is 10.9 Å². The number of rotatable bonds is 5. The molecule has 0 unspecified atom stereocenters. The SMILES string of the molecule is O=C(N/N=C\c1ccoc1)N/N=C\c1coc([N+](=O)[O-])c1. The molecule has 2 amide bonds. The van der Waals surface area contributed by atoms with Crippen LogP contribution in [-0.4, -0.2) is 23.4 Å². The van der Waals surface area contributed by atoms with E-state index in [1.54, 1.807) is 6.07 Å². The molecule has 10 heteroatoms. The van der Waals surface area contributed by atoms with Crippen molar-refractivity contribution in [3.8, 4) is 0 Å². The quantitative estimate of drug-likeness (QED) is 0.488. The average Bonchev–Trinajstić information content (AvgIpc) is 3.09. The third-order valence-electron chi connectivity index (χ3n) is 2.09. The minimum absolute atomic E-state index is 0.337. The third-order valence-corrected chi connectivity index (χ3v) is 2.09. The predicted molar refractivity (Wildman–Crippen MR) is 70.9 cm³/mol. The van der Waals surface area contributed by atoms with Crippen LogP contribution >= 0.6 is 0 Å². The first kappa shape index (κ1) is 14.0. The maximum absolute atomic E-state index is 11.3. The monoisotopic (exact) mass is 291 g/mol. The van der Waals surface area contributed by atoms with E-state index in [4.69, 9.17) is 4.42 Å². The molecule has 0 bridgehead atoms. The molecule has 0 aliphatic rings. The van der Waals surface area contributed by atoms with Gasteiger partial charge in [0.25, 0.3) is 0 Å². The van der Waals surface area contributed by atoms with E-state index in [0.717, 1.165) is 6.26 Å². The Morgan fingerprint density at radius 3 is 2.52 bits per heavy atom. The molecule has 2 N–H and O–H groups in total. The van der Waals surface area contributed by atoms with Crippen LogP contribution in [0.15, 0.2) is 50.0 Å². The van der Waals surface area contributed by atoms with Gasteiger partial charge in [-0.15, -0.1) is 0 Å². The van der Waals surface area contributed by atoms with Crippen LogP contribution in [0.1, 0.15) is 11.1 Å². The minimum Gasteiger partial charge on any atom is -0.472 e. The molecule has 0 saturated carbocycles. The van der Waals surface area contributed by atoms with Crippen molar-refractivity contribution in [1.29, 1.82) is 0 Å². The zero-order valence-corrected chi connectivity index (χ0v) is 10.4. The van der Waals surface area contributed by atoms with Crippen molar-refractivity contribution in [2.45, 2.75) is 0 Å². The molecule has 0 aromatic carbocycles. The molecule has 2 heterocycles. The Balaban J connectivity index is 1.77. The van der Waals surface area contributed by atoms with Gasteiger partial charge in [0, 0.05) is 11.1 Å². The lowest BCUT2D eigenvalue weighted by atomic mass is 10.4.